The fourth-order valence-corrected chi connectivity index (χ4v) is 2.36. The van der Waals surface area contributed by atoms with Gasteiger partial charge in [0.2, 0.25) is 0 Å². The number of rotatable bonds is 7. The summed E-state index contributed by atoms with van der Waals surface area (Å²) in [6.07, 6.45) is -3.31. The summed E-state index contributed by atoms with van der Waals surface area (Å²) in [5.74, 6) is 0.509. The van der Waals surface area contributed by atoms with Crippen molar-refractivity contribution in [2.24, 2.45) is 11.7 Å². The summed E-state index contributed by atoms with van der Waals surface area (Å²) >= 11 is 0. The van der Waals surface area contributed by atoms with Crippen LogP contribution in [-0.2, 0) is 6.18 Å². The van der Waals surface area contributed by atoms with Crippen molar-refractivity contribution in [3.63, 3.8) is 0 Å². The molecule has 0 bridgehead atoms. The van der Waals surface area contributed by atoms with Crippen molar-refractivity contribution in [3.8, 4) is 0 Å². The first-order valence-electron chi connectivity index (χ1n) is 7.43. The molecule has 0 spiro atoms. The van der Waals surface area contributed by atoms with Gasteiger partial charge in [-0.25, -0.2) is 0 Å². The maximum Gasteiger partial charge on any atom is 0.416 e. The molecule has 5 heteroatoms. The third-order valence-corrected chi connectivity index (χ3v) is 3.83. The largest absolute Gasteiger partial charge is 0.416 e. The van der Waals surface area contributed by atoms with Gasteiger partial charge in [0.1, 0.15) is 0 Å². The molecule has 0 fully saturated rings. The smallest absolute Gasteiger partial charge is 0.323 e. The zero-order valence-corrected chi connectivity index (χ0v) is 13.0. The molecular formula is C16H25F3N2. The van der Waals surface area contributed by atoms with Crippen LogP contribution in [0.4, 0.5) is 13.2 Å². The van der Waals surface area contributed by atoms with Gasteiger partial charge >= 0.3 is 6.18 Å². The summed E-state index contributed by atoms with van der Waals surface area (Å²) in [6, 6.07) is 4.95. The summed E-state index contributed by atoms with van der Waals surface area (Å²) in [4.78, 5) is 2.12. The van der Waals surface area contributed by atoms with Crippen molar-refractivity contribution < 1.29 is 13.2 Å². The first-order chi connectivity index (χ1) is 9.79. The van der Waals surface area contributed by atoms with Gasteiger partial charge in [-0.1, -0.05) is 45.4 Å². The van der Waals surface area contributed by atoms with Crippen molar-refractivity contribution in [1.29, 1.82) is 0 Å². The first kappa shape index (κ1) is 18.0. The number of hydrogen-bond donors (Lipinski definition) is 1. The van der Waals surface area contributed by atoms with Gasteiger partial charge in [0.05, 0.1) is 5.56 Å². The summed E-state index contributed by atoms with van der Waals surface area (Å²) in [5.41, 5.74) is 5.59. The molecule has 0 saturated carbocycles. The van der Waals surface area contributed by atoms with Gasteiger partial charge in [-0.3, -0.25) is 0 Å². The fourth-order valence-electron chi connectivity index (χ4n) is 2.36. The molecule has 1 rings (SSSR count). The highest BCUT2D eigenvalue weighted by Crippen LogP contribution is 2.34. The van der Waals surface area contributed by atoms with E-state index in [1.807, 2.05) is 6.92 Å². The zero-order valence-electron chi connectivity index (χ0n) is 13.0. The zero-order chi connectivity index (χ0) is 16.0. The molecule has 1 aromatic rings. The van der Waals surface area contributed by atoms with Gasteiger partial charge < -0.3 is 10.6 Å². The SMILES string of the molecule is CCC(C)CN(CC)CC(N)c1ccccc1C(F)(F)F. The molecule has 2 unspecified atom stereocenters. The number of hydrogen-bond acceptors (Lipinski definition) is 2. The number of nitrogens with two attached hydrogens (primary N) is 1. The Morgan fingerprint density at radius 2 is 1.76 bits per heavy atom. The second kappa shape index (κ2) is 7.80. The van der Waals surface area contributed by atoms with Crippen LogP contribution in [0.15, 0.2) is 24.3 Å². The maximum atomic E-state index is 13.0. The van der Waals surface area contributed by atoms with Crippen LogP contribution in [0.5, 0.6) is 0 Å². The quantitative estimate of drug-likeness (QED) is 0.822. The lowest BCUT2D eigenvalue weighted by Crippen LogP contribution is -2.35. The highest BCUT2D eigenvalue weighted by atomic mass is 19.4. The molecule has 21 heavy (non-hydrogen) atoms. The minimum atomic E-state index is -4.36. The van der Waals surface area contributed by atoms with Crippen LogP contribution in [0.25, 0.3) is 0 Å². The predicted octanol–water partition coefficient (Wildman–Crippen LogP) is 4.07. The van der Waals surface area contributed by atoms with E-state index >= 15 is 0 Å². The molecule has 0 aliphatic heterocycles. The van der Waals surface area contributed by atoms with Crippen LogP contribution >= 0.6 is 0 Å². The molecule has 0 aliphatic carbocycles. The molecule has 0 heterocycles. The Morgan fingerprint density at radius 1 is 1.14 bits per heavy atom. The van der Waals surface area contributed by atoms with Crippen LogP contribution in [0.3, 0.4) is 0 Å². The van der Waals surface area contributed by atoms with Gasteiger partial charge in [-0.15, -0.1) is 0 Å². The minimum absolute atomic E-state index is 0.174. The van der Waals surface area contributed by atoms with E-state index in [4.69, 9.17) is 5.73 Å². The molecule has 1 aromatic carbocycles. The topological polar surface area (TPSA) is 29.3 Å². The summed E-state index contributed by atoms with van der Waals surface area (Å²) in [6.45, 7) is 8.33. The number of benzene rings is 1. The highest BCUT2D eigenvalue weighted by molar-refractivity contribution is 5.32. The molecule has 120 valence electrons. The molecular weight excluding hydrogens is 277 g/mol. The standard InChI is InChI=1S/C16H25F3N2/c1-4-12(3)10-21(5-2)11-15(20)13-8-6-7-9-14(13)16(17,18)19/h6-9,12,15H,4-5,10-11,20H2,1-3H3. The third kappa shape index (κ3) is 5.32. The van der Waals surface area contributed by atoms with Gasteiger partial charge in [0.15, 0.2) is 0 Å². The van der Waals surface area contributed by atoms with E-state index in [0.717, 1.165) is 25.6 Å². The molecule has 0 saturated heterocycles. The lowest BCUT2D eigenvalue weighted by atomic mass is 9.99. The molecule has 2 N–H and O–H groups in total. The van der Waals surface area contributed by atoms with Crippen LogP contribution in [0, 0.1) is 5.92 Å². The highest BCUT2D eigenvalue weighted by Gasteiger charge is 2.34. The Labute approximate surface area is 125 Å². The van der Waals surface area contributed by atoms with E-state index in [9.17, 15) is 13.2 Å². The van der Waals surface area contributed by atoms with Gasteiger partial charge in [-0.05, 0) is 24.1 Å². The van der Waals surface area contributed by atoms with Crippen molar-refractivity contribution in [3.05, 3.63) is 35.4 Å². The molecule has 2 nitrogen and oxygen atoms in total. The van der Waals surface area contributed by atoms with E-state index < -0.39 is 17.8 Å². The van der Waals surface area contributed by atoms with Crippen LogP contribution in [0.1, 0.15) is 44.4 Å². The van der Waals surface area contributed by atoms with E-state index in [2.05, 4.69) is 18.7 Å². The van der Waals surface area contributed by atoms with E-state index in [1.54, 1.807) is 6.07 Å². The van der Waals surface area contributed by atoms with Crippen molar-refractivity contribution in [1.82, 2.24) is 4.90 Å². The molecule has 2 atom stereocenters. The van der Waals surface area contributed by atoms with Crippen molar-refractivity contribution in [2.45, 2.75) is 39.4 Å². The van der Waals surface area contributed by atoms with E-state index in [0.29, 0.717) is 12.5 Å². The molecule has 0 aromatic heterocycles. The average molecular weight is 302 g/mol. The lowest BCUT2D eigenvalue weighted by Gasteiger charge is -2.28. The first-order valence-corrected chi connectivity index (χ1v) is 7.43. The number of nitrogens with zero attached hydrogens (tertiary/aromatic N) is 1. The molecule has 0 amide bonds. The second-order valence-electron chi connectivity index (χ2n) is 5.56. The minimum Gasteiger partial charge on any atom is -0.323 e. The summed E-state index contributed by atoms with van der Waals surface area (Å²) in [5, 5.41) is 0. The Balaban J connectivity index is 2.86. The number of halogens is 3. The average Bonchev–Trinajstić information content (AvgIpc) is 2.45. The Morgan fingerprint density at radius 3 is 2.29 bits per heavy atom. The predicted molar refractivity (Wildman–Crippen MR) is 79.9 cm³/mol. The summed E-state index contributed by atoms with van der Waals surface area (Å²) in [7, 11) is 0. The lowest BCUT2D eigenvalue weighted by molar-refractivity contribution is -0.138. The Hall–Kier alpha value is -1.07. The van der Waals surface area contributed by atoms with Crippen LogP contribution < -0.4 is 5.73 Å². The molecule has 0 radical (unpaired) electrons. The van der Waals surface area contributed by atoms with Gasteiger partial charge in [0.25, 0.3) is 0 Å². The Kier molecular flexibility index (Phi) is 6.68. The second-order valence-corrected chi connectivity index (χ2v) is 5.56. The summed E-state index contributed by atoms with van der Waals surface area (Å²) < 4.78 is 39.1. The molecule has 0 aliphatic rings. The van der Waals surface area contributed by atoms with E-state index in [-0.39, 0.29) is 5.56 Å². The van der Waals surface area contributed by atoms with Crippen molar-refractivity contribution in [2.75, 3.05) is 19.6 Å². The number of alkyl halides is 3. The van der Waals surface area contributed by atoms with Gasteiger partial charge in [-0.2, -0.15) is 13.2 Å². The fraction of sp³-hybridized carbons (Fsp3) is 0.625. The number of likely N-dealkylation sites (N-methyl/N-ethyl adjacent to an activating group) is 1. The third-order valence-electron chi connectivity index (χ3n) is 3.83. The van der Waals surface area contributed by atoms with Crippen LogP contribution in [-0.4, -0.2) is 24.5 Å². The normalized spacial score (nSPS) is 15.2. The van der Waals surface area contributed by atoms with E-state index in [1.165, 1.54) is 12.1 Å². The van der Waals surface area contributed by atoms with Gasteiger partial charge in [0, 0.05) is 19.1 Å². The monoisotopic (exact) mass is 302 g/mol. The Bertz CT molecular complexity index is 432. The van der Waals surface area contributed by atoms with Crippen molar-refractivity contribution >= 4 is 0 Å². The maximum absolute atomic E-state index is 13.0. The van der Waals surface area contributed by atoms with Crippen LogP contribution in [0.2, 0.25) is 0 Å².